The van der Waals surface area contributed by atoms with Crippen molar-refractivity contribution in [2.45, 2.75) is 51.3 Å². The number of ether oxygens (including phenoxy) is 1. The SMILES string of the molecule is C=CCONC1CC(NC(=O)OC(C)(C)C)C1. The van der Waals surface area contributed by atoms with E-state index in [9.17, 15) is 4.79 Å². The van der Waals surface area contributed by atoms with Crippen molar-refractivity contribution < 1.29 is 14.4 Å². The summed E-state index contributed by atoms with van der Waals surface area (Å²) in [6.45, 7) is 9.58. The fraction of sp³-hybridized carbons (Fsp3) is 0.750. The molecule has 1 amide bonds. The topological polar surface area (TPSA) is 59.6 Å². The minimum absolute atomic E-state index is 0.176. The van der Waals surface area contributed by atoms with Crippen LogP contribution in [0.5, 0.6) is 0 Å². The molecule has 1 aliphatic rings. The number of carbonyl (C=O) groups is 1. The Hall–Kier alpha value is -1.07. The number of amides is 1. The Balaban J connectivity index is 2.08. The second-order valence-electron chi connectivity index (χ2n) is 5.23. The van der Waals surface area contributed by atoms with E-state index in [1.54, 1.807) is 6.08 Å². The molecule has 0 radical (unpaired) electrons. The Labute approximate surface area is 103 Å². The molecule has 0 bridgehead atoms. The molecule has 0 aromatic rings. The average Bonchev–Trinajstić information content (AvgIpc) is 2.10. The van der Waals surface area contributed by atoms with Crippen LogP contribution in [-0.2, 0) is 9.57 Å². The maximum absolute atomic E-state index is 11.4. The summed E-state index contributed by atoms with van der Waals surface area (Å²) < 4.78 is 5.16. The minimum atomic E-state index is -0.446. The lowest BCUT2D eigenvalue weighted by molar-refractivity contribution is -0.000193. The molecule has 17 heavy (non-hydrogen) atoms. The van der Waals surface area contributed by atoms with Crippen molar-refractivity contribution in [2.24, 2.45) is 0 Å². The van der Waals surface area contributed by atoms with Gasteiger partial charge in [0.1, 0.15) is 5.60 Å². The van der Waals surface area contributed by atoms with E-state index < -0.39 is 5.60 Å². The molecule has 1 fully saturated rings. The van der Waals surface area contributed by atoms with Crippen LogP contribution >= 0.6 is 0 Å². The van der Waals surface area contributed by atoms with Gasteiger partial charge in [0, 0.05) is 12.1 Å². The summed E-state index contributed by atoms with van der Waals surface area (Å²) in [5.41, 5.74) is 2.46. The zero-order valence-corrected chi connectivity index (χ0v) is 10.8. The molecule has 98 valence electrons. The number of hydrogen-bond donors (Lipinski definition) is 2. The molecule has 1 rings (SSSR count). The number of hydroxylamine groups is 1. The molecular weight excluding hydrogens is 220 g/mol. The van der Waals surface area contributed by atoms with Crippen LogP contribution in [0.4, 0.5) is 4.79 Å². The zero-order chi connectivity index (χ0) is 12.9. The first-order valence-corrected chi connectivity index (χ1v) is 5.88. The monoisotopic (exact) mass is 242 g/mol. The zero-order valence-electron chi connectivity index (χ0n) is 10.8. The van der Waals surface area contributed by atoms with Crippen molar-refractivity contribution in [1.29, 1.82) is 0 Å². The predicted molar refractivity (Wildman–Crippen MR) is 65.5 cm³/mol. The largest absolute Gasteiger partial charge is 0.444 e. The van der Waals surface area contributed by atoms with Crippen molar-refractivity contribution >= 4 is 6.09 Å². The third kappa shape index (κ3) is 5.70. The van der Waals surface area contributed by atoms with E-state index in [2.05, 4.69) is 17.4 Å². The van der Waals surface area contributed by atoms with Crippen LogP contribution in [0.3, 0.4) is 0 Å². The van der Waals surface area contributed by atoms with Crippen molar-refractivity contribution in [3.8, 4) is 0 Å². The smallest absolute Gasteiger partial charge is 0.407 e. The second kappa shape index (κ2) is 6.02. The lowest BCUT2D eigenvalue weighted by Gasteiger charge is -2.36. The number of carbonyl (C=O) groups excluding carboxylic acids is 1. The van der Waals surface area contributed by atoms with Crippen LogP contribution in [-0.4, -0.2) is 30.4 Å². The molecule has 0 unspecified atom stereocenters. The van der Waals surface area contributed by atoms with Gasteiger partial charge in [-0.2, -0.15) is 5.48 Å². The molecule has 0 heterocycles. The van der Waals surface area contributed by atoms with Gasteiger partial charge in [-0.1, -0.05) is 6.08 Å². The van der Waals surface area contributed by atoms with Crippen molar-refractivity contribution in [3.63, 3.8) is 0 Å². The van der Waals surface area contributed by atoms with Crippen molar-refractivity contribution in [3.05, 3.63) is 12.7 Å². The van der Waals surface area contributed by atoms with Crippen LogP contribution in [0.1, 0.15) is 33.6 Å². The molecule has 1 saturated carbocycles. The van der Waals surface area contributed by atoms with Crippen LogP contribution in [0.25, 0.3) is 0 Å². The number of rotatable bonds is 5. The average molecular weight is 242 g/mol. The van der Waals surface area contributed by atoms with Crippen LogP contribution in [0.15, 0.2) is 12.7 Å². The summed E-state index contributed by atoms with van der Waals surface area (Å²) in [5.74, 6) is 0. The van der Waals surface area contributed by atoms with E-state index in [-0.39, 0.29) is 12.1 Å². The summed E-state index contributed by atoms with van der Waals surface area (Å²) in [6, 6.07) is 0.476. The van der Waals surface area contributed by atoms with E-state index in [1.807, 2.05) is 20.8 Å². The van der Waals surface area contributed by atoms with Gasteiger partial charge in [-0.25, -0.2) is 4.79 Å². The summed E-state index contributed by atoms with van der Waals surface area (Å²) in [7, 11) is 0. The van der Waals surface area contributed by atoms with E-state index in [4.69, 9.17) is 9.57 Å². The van der Waals surface area contributed by atoms with E-state index in [0.29, 0.717) is 12.6 Å². The van der Waals surface area contributed by atoms with Crippen LogP contribution in [0, 0.1) is 0 Å². The first-order chi connectivity index (χ1) is 7.90. The standard InChI is InChI=1S/C12H22N2O3/c1-5-6-16-14-10-7-9(8-10)13-11(15)17-12(2,3)4/h5,9-10,14H,1,6-8H2,2-4H3,(H,13,15). The van der Waals surface area contributed by atoms with Gasteiger partial charge in [-0.05, 0) is 33.6 Å². The number of hydrogen-bond acceptors (Lipinski definition) is 4. The quantitative estimate of drug-likeness (QED) is 0.438. The molecule has 5 nitrogen and oxygen atoms in total. The maximum Gasteiger partial charge on any atom is 0.407 e. The van der Waals surface area contributed by atoms with Crippen LogP contribution < -0.4 is 10.8 Å². The lowest BCUT2D eigenvalue weighted by atomic mass is 9.87. The minimum Gasteiger partial charge on any atom is -0.444 e. The highest BCUT2D eigenvalue weighted by molar-refractivity contribution is 5.68. The van der Waals surface area contributed by atoms with Gasteiger partial charge in [0.15, 0.2) is 0 Å². The molecule has 0 aromatic carbocycles. The second-order valence-corrected chi connectivity index (χ2v) is 5.23. The molecule has 1 aliphatic carbocycles. The molecule has 5 heteroatoms. The van der Waals surface area contributed by atoms with Gasteiger partial charge < -0.3 is 10.1 Å². The summed E-state index contributed by atoms with van der Waals surface area (Å²) >= 11 is 0. The Morgan fingerprint density at radius 1 is 1.41 bits per heavy atom. The normalized spacial score (nSPS) is 23.7. The molecule has 0 atom stereocenters. The highest BCUT2D eigenvalue weighted by atomic mass is 16.6. The molecule has 0 saturated heterocycles. The van der Waals surface area contributed by atoms with Crippen molar-refractivity contribution in [2.75, 3.05) is 6.61 Å². The van der Waals surface area contributed by atoms with Gasteiger partial charge in [0.05, 0.1) is 6.61 Å². The molecule has 0 aliphatic heterocycles. The van der Waals surface area contributed by atoms with Gasteiger partial charge in [0.2, 0.25) is 0 Å². The van der Waals surface area contributed by atoms with Gasteiger partial charge in [0.25, 0.3) is 0 Å². The lowest BCUT2D eigenvalue weighted by Crippen LogP contribution is -2.53. The predicted octanol–water partition coefficient (Wildman–Crippen LogP) is 1.75. The van der Waals surface area contributed by atoms with Gasteiger partial charge >= 0.3 is 6.09 Å². The Bertz CT molecular complexity index is 267. The highest BCUT2D eigenvalue weighted by Crippen LogP contribution is 2.20. The van der Waals surface area contributed by atoms with E-state index in [1.165, 1.54) is 0 Å². The summed E-state index contributed by atoms with van der Waals surface area (Å²) in [5, 5.41) is 2.82. The molecule has 2 N–H and O–H groups in total. The van der Waals surface area contributed by atoms with E-state index in [0.717, 1.165) is 12.8 Å². The summed E-state index contributed by atoms with van der Waals surface area (Å²) in [6.07, 6.45) is 3.04. The summed E-state index contributed by atoms with van der Waals surface area (Å²) in [4.78, 5) is 16.5. The third-order valence-electron chi connectivity index (χ3n) is 2.31. The molecular formula is C12H22N2O3. The molecule has 0 spiro atoms. The fourth-order valence-corrected chi connectivity index (χ4v) is 1.53. The Morgan fingerprint density at radius 3 is 2.59 bits per heavy atom. The Kier molecular flexibility index (Phi) is 4.96. The number of nitrogens with one attached hydrogen (secondary N) is 2. The van der Waals surface area contributed by atoms with Gasteiger partial charge in [-0.15, -0.1) is 6.58 Å². The van der Waals surface area contributed by atoms with Gasteiger partial charge in [-0.3, -0.25) is 4.84 Å². The highest BCUT2D eigenvalue weighted by Gasteiger charge is 2.31. The first kappa shape index (κ1) is 14.0. The fourth-order valence-electron chi connectivity index (χ4n) is 1.53. The Morgan fingerprint density at radius 2 is 2.06 bits per heavy atom. The van der Waals surface area contributed by atoms with Crippen molar-refractivity contribution in [1.82, 2.24) is 10.8 Å². The van der Waals surface area contributed by atoms with E-state index >= 15 is 0 Å². The maximum atomic E-state index is 11.4. The number of alkyl carbamates (subject to hydrolysis) is 1. The van der Waals surface area contributed by atoms with Crippen LogP contribution in [0.2, 0.25) is 0 Å². The third-order valence-corrected chi connectivity index (χ3v) is 2.31. The first-order valence-electron chi connectivity index (χ1n) is 5.88. The molecule has 0 aromatic heterocycles.